The Bertz CT molecular complexity index is 2800. The van der Waals surface area contributed by atoms with E-state index in [1.807, 2.05) is 103 Å². The van der Waals surface area contributed by atoms with E-state index >= 15 is 0 Å². The van der Waals surface area contributed by atoms with E-state index < -0.39 is 12.1 Å². The van der Waals surface area contributed by atoms with Crippen molar-refractivity contribution in [3.8, 4) is 39.5 Å². The minimum absolute atomic E-state index is 0.0439. The van der Waals surface area contributed by atoms with Crippen molar-refractivity contribution in [2.24, 2.45) is 0 Å². The highest BCUT2D eigenvalue weighted by atomic mass is 16.3. The molecule has 4 heteroatoms. The first-order valence-electron chi connectivity index (χ1n) is 17.3. The van der Waals surface area contributed by atoms with Gasteiger partial charge in [0, 0.05) is 39.0 Å². The maximum atomic E-state index is 9.68. The van der Waals surface area contributed by atoms with E-state index in [2.05, 4.69) is 0 Å². The Balaban J connectivity index is 1.43. The molecule has 0 atom stereocenters. The Morgan fingerprint density at radius 3 is 1.93 bits per heavy atom. The molecule has 9 rings (SSSR count). The van der Waals surface area contributed by atoms with Gasteiger partial charge in [-0.15, -0.1) is 0 Å². The molecule has 0 saturated heterocycles. The number of nitrogens with zero attached hydrogens (tertiary/aromatic N) is 3. The van der Waals surface area contributed by atoms with Crippen LogP contribution in [0.2, 0.25) is 0 Å². The van der Waals surface area contributed by atoms with Crippen LogP contribution in [0.15, 0.2) is 156 Å². The van der Waals surface area contributed by atoms with Crippen molar-refractivity contribution in [3.63, 3.8) is 0 Å². The zero-order valence-corrected chi connectivity index (χ0v) is 23.2. The van der Waals surface area contributed by atoms with Crippen LogP contribution in [0.3, 0.4) is 0 Å². The van der Waals surface area contributed by atoms with E-state index in [1.165, 1.54) is 0 Å². The number of hydrogen-bond acceptors (Lipinski definition) is 3. The predicted octanol–water partition coefficient (Wildman–Crippen LogP) is 10.5. The van der Waals surface area contributed by atoms with Crippen molar-refractivity contribution in [2.75, 3.05) is 0 Å². The number of benzene rings is 6. The Hall–Kier alpha value is -6.00. The van der Waals surface area contributed by atoms with Gasteiger partial charge in [0.15, 0.2) is 11.4 Å². The van der Waals surface area contributed by atoms with Gasteiger partial charge in [0.05, 0.1) is 19.3 Å². The Kier molecular flexibility index (Phi) is 4.28. The van der Waals surface area contributed by atoms with Gasteiger partial charge in [0.1, 0.15) is 16.8 Å². The number of para-hydroxylation sites is 2. The smallest absolute Gasteiger partial charge is 0.180 e. The summed E-state index contributed by atoms with van der Waals surface area (Å²) < 4.78 is 62.3. The van der Waals surface area contributed by atoms with E-state index in [9.17, 15) is 2.74 Å². The average Bonchev–Trinajstić information content (AvgIpc) is 3.74. The van der Waals surface area contributed by atoms with Gasteiger partial charge in [-0.05, 0) is 35.3 Å². The summed E-state index contributed by atoms with van der Waals surface area (Å²) in [6.45, 7) is 0. The molecule has 3 aromatic heterocycles. The van der Waals surface area contributed by atoms with Gasteiger partial charge in [-0.2, -0.15) is 0 Å². The zero-order chi connectivity index (χ0) is 34.3. The second kappa shape index (κ2) is 9.79. The molecule has 0 fully saturated rings. The highest BCUT2D eigenvalue weighted by Crippen LogP contribution is 2.40. The Morgan fingerprint density at radius 1 is 0.545 bits per heavy atom. The van der Waals surface area contributed by atoms with Crippen LogP contribution >= 0.6 is 0 Å². The van der Waals surface area contributed by atoms with Crippen molar-refractivity contribution >= 4 is 43.9 Å². The lowest BCUT2D eigenvalue weighted by molar-refractivity contribution is 0.667. The summed E-state index contributed by atoms with van der Waals surface area (Å²) in [5.74, 6) is 0.419. The molecule has 9 aromatic rings. The average molecular weight is 570 g/mol. The molecule has 0 aliphatic heterocycles. The van der Waals surface area contributed by atoms with Crippen molar-refractivity contribution in [3.05, 3.63) is 152 Å². The van der Waals surface area contributed by atoms with Crippen LogP contribution in [-0.2, 0) is 0 Å². The molecule has 0 spiro atoms. The topological polar surface area (TPSA) is 43.9 Å². The number of furan rings is 1. The zero-order valence-electron chi connectivity index (χ0n) is 29.2. The van der Waals surface area contributed by atoms with Crippen LogP contribution in [0.1, 0.15) is 8.22 Å². The third-order valence-electron chi connectivity index (χ3n) is 7.93. The summed E-state index contributed by atoms with van der Waals surface area (Å²) in [6, 6.07) is 35.2. The molecular formula is C40H25N3O. The van der Waals surface area contributed by atoms with Gasteiger partial charge in [0.25, 0.3) is 0 Å². The minimum atomic E-state index is -0.410. The maximum Gasteiger partial charge on any atom is 0.180 e. The first kappa shape index (κ1) is 19.2. The molecular weight excluding hydrogens is 538 g/mol. The van der Waals surface area contributed by atoms with Gasteiger partial charge in [-0.3, -0.25) is 0 Å². The van der Waals surface area contributed by atoms with Gasteiger partial charge in [-0.25, -0.2) is 9.97 Å². The normalized spacial score (nSPS) is 13.5. The van der Waals surface area contributed by atoms with Crippen LogP contribution in [0, 0.1) is 0 Å². The quantitative estimate of drug-likeness (QED) is 0.212. The van der Waals surface area contributed by atoms with Crippen molar-refractivity contribution < 1.29 is 12.6 Å². The predicted molar refractivity (Wildman–Crippen MR) is 180 cm³/mol. The molecule has 0 unspecified atom stereocenters. The highest BCUT2D eigenvalue weighted by molar-refractivity contribution is 6.17. The fourth-order valence-corrected chi connectivity index (χ4v) is 5.85. The SMILES string of the molecule is [2H]c1c([2H])c([2H])c2c(c1[2H])c1c([2H])c3c(oc4c(-c5ccc(-c6ccccc6)cc5)nc(-c5ccccc5)nc43)c([2H])c1n2-c1ccccc1. The molecule has 0 N–H and O–H groups in total. The van der Waals surface area contributed by atoms with Crippen LogP contribution in [0.4, 0.5) is 0 Å². The van der Waals surface area contributed by atoms with E-state index in [0.717, 1.165) is 22.3 Å². The summed E-state index contributed by atoms with van der Waals surface area (Å²) in [7, 11) is 0. The van der Waals surface area contributed by atoms with E-state index in [1.54, 1.807) is 16.7 Å². The molecule has 4 nitrogen and oxygen atoms in total. The molecule has 206 valence electrons. The third-order valence-corrected chi connectivity index (χ3v) is 7.93. The summed E-state index contributed by atoms with van der Waals surface area (Å²) in [5, 5.41) is 0.669. The third kappa shape index (κ3) is 3.85. The Morgan fingerprint density at radius 2 is 1.18 bits per heavy atom. The standard InChI is InChI=1S/C40H25N3O/c1-4-12-26(13-5-1)27-20-22-28(23-21-27)37-39-38(42-40(41-37)29-14-6-2-7-15-29)33-24-32-31-18-10-11-19-34(31)43(30-16-8-3-9-17-30)35(32)25-36(33)44-39/h1-25H/i10D,11D,18D,19D,24D,25D. The molecule has 0 radical (unpaired) electrons. The van der Waals surface area contributed by atoms with Crippen LogP contribution < -0.4 is 0 Å². The van der Waals surface area contributed by atoms with Crippen molar-refractivity contribution in [1.82, 2.24) is 14.5 Å². The molecule has 3 heterocycles. The van der Waals surface area contributed by atoms with E-state index in [4.69, 9.17) is 19.9 Å². The maximum absolute atomic E-state index is 9.68. The number of aromatic nitrogens is 3. The second-order valence-corrected chi connectivity index (χ2v) is 10.6. The molecule has 0 saturated carbocycles. The lowest BCUT2D eigenvalue weighted by Gasteiger charge is -2.07. The molecule has 0 aliphatic rings. The lowest BCUT2D eigenvalue weighted by Crippen LogP contribution is -1.94. The first-order valence-corrected chi connectivity index (χ1v) is 14.3. The summed E-state index contributed by atoms with van der Waals surface area (Å²) in [6.07, 6.45) is 0. The monoisotopic (exact) mass is 569 g/mol. The summed E-state index contributed by atoms with van der Waals surface area (Å²) >= 11 is 0. The van der Waals surface area contributed by atoms with E-state index in [-0.39, 0.29) is 56.9 Å². The number of rotatable bonds is 4. The van der Waals surface area contributed by atoms with Gasteiger partial charge >= 0.3 is 0 Å². The van der Waals surface area contributed by atoms with Crippen molar-refractivity contribution in [1.29, 1.82) is 0 Å². The lowest BCUT2D eigenvalue weighted by atomic mass is 10.0. The van der Waals surface area contributed by atoms with Crippen molar-refractivity contribution in [2.45, 2.75) is 0 Å². The van der Waals surface area contributed by atoms with Gasteiger partial charge in [0.2, 0.25) is 0 Å². The summed E-state index contributed by atoms with van der Waals surface area (Å²) in [4.78, 5) is 9.93. The van der Waals surface area contributed by atoms with Gasteiger partial charge < -0.3 is 8.98 Å². The second-order valence-electron chi connectivity index (χ2n) is 10.6. The highest BCUT2D eigenvalue weighted by Gasteiger charge is 2.21. The molecule has 0 amide bonds. The van der Waals surface area contributed by atoms with Crippen LogP contribution in [0.25, 0.3) is 83.3 Å². The molecule has 44 heavy (non-hydrogen) atoms. The van der Waals surface area contributed by atoms with Crippen LogP contribution in [-0.4, -0.2) is 14.5 Å². The fourth-order valence-electron chi connectivity index (χ4n) is 5.85. The molecule has 0 bridgehead atoms. The van der Waals surface area contributed by atoms with Crippen LogP contribution in [0.5, 0.6) is 0 Å². The molecule has 0 aliphatic carbocycles. The number of fused-ring (bicyclic) bond motifs is 6. The van der Waals surface area contributed by atoms with E-state index in [0.29, 0.717) is 28.3 Å². The minimum Gasteiger partial charge on any atom is -0.452 e. The fraction of sp³-hybridized carbons (Fsp3) is 0. The summed E-state index contributed by atoms with van der Waals surface area (Å²) in [5.41, 5.74) is 5.96. The number of hydrogen-bond donors (Lipinski definition) is 0. The van der Waals surface area contributed by atoms with Gasteiger partial charge in [-0.1, -0.05) is 121 Å². The molecule has 6 aromatic carbocycles. The Labute approximate surface area is 261 Å². The first-order chi connectivity index (χ1) is 24.3. The largest absolute Gasteiger partial charge is 0.452 e.